The van der Waals surface area contributed by atoms with Gasteiger partial charge in [-0.25, -0.2) is 0 Å². The summed E-state index contributed by atoms with van der Waals surface area (Å²) in [7, 11) is 0. The molecule has 0 radical (unpaired) electrons. The molecule has 104 valence electrons. The maximum atomic E-state index is 3.67. The second kappa shape index (κ2) is 5.98. The van der Waals surface area contributed by atoms with Crippen molar-refractivity contribution in [1.82, 2.24) is 5.32 Å². The molecule has 2 unspecified atom stereocenters. The Bertz CT molecular complexity index is 570. The van der Waals surface area contributed by atoms with Crippen LogP contribution in [0.15, 0.2) is 59.1 Å². The second-order valence-corrected chi connectivity index (χ2v) is 6.18. The highest BCUT2D eigenvalue weighted by Gasteiger charge is 2.26. The average Bonchev–Trinajstić information content (AvgIpc) is 2.49. The van der Waals surface area contributed by atoms with E-state index in [0.717, 1.165) is 13.1 Å². The lowest BCUT2D eigenvalue weighted by atomic mass is 10.0. The van der Waals surface area contributed by atoms with E-state index in [1.165, 1.54) is 15.7 Å². The third kappa shape index (κ3) is 2.74. The van der Waals surface area contributed by atoms with Crippen molar-refractivity contribution in [3.05, 3.63) is 64.6 Å². The van der Waals surface area contributed by atoms with Crippen molar-refractivity contribution in [3.63, 3.8) is 0 Å². The van der Waals surface area contributed by atoms with Gasteiger partial charge in [0.15, 0.2) is 0 Å². The van der Waals surface area contributed by atoms with Gasteiger partial charge >= 0.3 is 0 Å². The Balaban J connectivity index is 1.86. The van der Waals surface area contributed by atoms with E-state index in [0.29, 0.717) is 12.1 Å². The number of benzene rings is 2. The van der Waals surface area contributed by atoms with Crippen molar-refractivity contribution in [3.8, 4) is 0 Å². The molecule has 0 spiro atoms. The SMILES string of the molecule is CC1CNC(c2ccccc2)CN1c1ccccc1Br. The van der Waals surface area contributed by atoms with Gasteiger partial charge in [0.2, 0.25) is 0 Å². The molecular weight excluding hydrogens is 312 g/mol. The zero-order valence-electron chi connectivity index (χ0n) is 11.6. The summed E-state index contributed by atoms with van der Waals surface area (Å²) < 4.78 is 1.17. The molecule has 1 aliphatic rings. The summed E-state index contributed by atoms with van der Waals surface area (Å²) in [6, 6.07) is 20.0. The van der Waals surface area contributed by atoms with E-state index in [1.54, 1.807) is 0 Å². The van der Waals surface area contributed by atoms with Gasteiger partial charge in [-0.2, -0.15) is 0 Å². The molecule has 0 aromatic heterocycles. The first-order valence-corrected chi connectivity index (χ1v) is 7.84. The van der Waals surface area contributed by atoms with Crippen LogP contribution in [0.5, 0.6) is 0 Å². The standard InChI is InChI=1S/C17H19BrN2/c1-13-11-19-16(14-7-3-2-4-8-14)12-20(13)17-10-6-5-9-15(17)18/h2-10,13,16,19H,11-12H2,1H3. The number of rotatable bonds is 2. The smallest absolute Gasteiger partial charge is 0.0514 e. The van der Waals surface area contributed by atoms with E-state index in [1.807, 2.05) is 0 Å². The maximum absolute atomic E-state index is 3.67. The number of hydrogen-bond donors (Lipinski definition) is 1. The van der Waals surface area contributed by atoms with Crippen LogP contribution in [0, 0.1) is 0 Å². The fourth-order valence-electron chi connectivity index (χ4n) is 2.79. The number of anilines is 1. The number of para-hydroxylation sites is 1. The third-order valence-corrected chi connectivity index (χ3v) is 4.61. The van der Waals surface area contributed by atoms with Crippen molar-refractivity contribution in [1.29, 1.82) is 0 Å². The van der Waals surface area contributed by atoms with E-state index < -0.39 is 0 Å². The van der Waals surface area contributed by atoms with Crippen molar-refractivity contribution >= 4 is 21.6 Å². The van der Waals surface area contributed by atoms with Gasteiger partial charge in [-0.05, 0) is 40.5 Å². The molecule has 1 heterocycles. The van der Waals surface area contributed by atoms with Gasteiger partial charge in [-0.1, -0.05) is 42.5 Å². The molecule has 3 heteroatoms. The molecule has 0 saturated carbocycles. The lowest BCUT2D eigenvalue weighted by Crippen LogP contribution is -2.51. The Morgan fingerprint density at radius 2 is 1.75 bits per heavy atom. The molecular formula is C17H19BrN2. The zero-order chi connectivity index (χ0) is 13.9. The summed E-state index contributed by atoms with van der Waals surface area (Å²) in [6.07, 6.45) is 0. The minimum atomic E-state index is 0.388. The molecule has 0 bridgehead atoms. The minimum absolute atomic E-state index is 0.388. The molecule has 2 aromatic rings. The first-order chi connectivity index (χ1) is 9.75. The highest BCUT2D eigenvalue weighted by molar-refractivity contribution is 9.10. The maximum Gasteiger partial charge on any atom is 0.0514 e. The van der Waals surface area contributed by atoms with Gasteiger partial charge in [0.1, 0.15) is 0 Å². The topological polar surface area (TPSA) is 15.3 Å². The molecule has 2 atom stereocenters. The van der Waals surface area contributed by atoms with Crippen LogP contribution in [0.2, 0.25) is 0 Å². The summed E-state index contributed by atoms with van der Waals surface area (Å²) in [6.45, 7) is 4.27. The van der Waals surface area contributed by atoms with Crippen LogP contribution >= 0.6 is 15.9 Å². The molecule has 1 fully saturated rings. The lowest BCUT2D eigenvalue weighted by molar-refractivity contribution is 0.414. The highest BCUT2D eigenvalue weighted by atomic mass is 79.9. The molecule has 1 saturated heterocycles. The molecule has 0 aliphatic carbocycles. The quantitative estimate of drug-likeness (QED) is 0.895. The summed E-state index contributed by atoms with van der Waals surface area (Å²) in [5, 5.41) is 3.65. The van der Waals surface area contributed by atoms with Crippen molar-refractivity contribution < 1.29 is 0 Å². The summed E-state index contributed by atoms with van der Waals surface area (Å²) in [5.74, 6) is 0. The van der Waals surface area contributed by atoms with Crippen LogP contribution in [0.1, 0.15) is 18.5 Å². The molecule has 1 N–H and O–H groups in total. The predicted octanol–water partition coefficient (Wildman–Crippen LogP) is 3.99. The molecule has 2 nitrogen and oxygen atoms in total. The van der Waals surface area contributed by atoms with Gasteiger partial charge in [-0.15, -0.1) is 0 Å². The molecule has 1 aliphatic heterocycles. The first-order valence-electron chi connectivity index (χ1n) is 7.05. The Labute approximate surface area is 128 Å². The van der Waals surface area contributed by atoms with E-state index in [-0.39, 0.29) is 0 Å². The van der Waals surface area contributed by atoms with Crippen LogP contribution in [0.4, 0.5) is 5.69 Å². The third-order valence-electron chi connectivity index (χ3n) is 3.93. The molecule has 20 heavy (non-hydrogen) atoms. The van der Waals surface area contributed by atoms with Gasteiger partial charge in [0, 0.05) is 29.6 Å². The fraction of sp³-hybridized carbons (Fsp3) is 0.294. The monoisotopic (exact) mass is 330 g/mol. The number of piperazine rings is 1. The second-order valence-electron chi connectivity index (χ2n) is 5.32. The Morgan fingerprint density at radius 3 is 2.50 bits per heavy atom. The Kier molecular flexibility index (Phi) is 4.08. The normalized spacial score (nSPS) is 22.8. The Morgan fingerprint density at radius 1 is 1.05 bits per heavy atom. The number of nitrogens with zero attached hydrogens (tertiary/aromatic N) is 1. The Hall–Kier alpha value is -1.32. The largest absolute Gasteiger partial charge is 0.365 e. The van der Waals surface area contributed by atoms with Crippen molar-refractivity contribution in [2.75, 3.05) is 18.0 Å². The summed E-state index contributed by atoms with van der Waals surface area (Å²) >= 11 is 3.67. The number of halogens is 1. The van der Waals surface area contributed by atoms with E-state index in [9.17, 15) is 0 Å². The fourth-order valence-corrected chi connectivity index (χ4v) is 3.31. The van der Waals surface area contributed by atoms with Crippen molar-refractivity contribution in [2.45, 2.75) is 19.0 Å². The highest BCUT2D eigenvalue weighted by Crippen LogP contribution is 2.31. The molecule has 3 rings (SSSR count). The average molecular weight is 331 g/mol. The zero-order valence-corrected chi connectivity index (χ0v) is 13.2. The van der Waals surface area contributed by atoms with Crippen LogP contribution < -0.4 is 10.2 Å². The molecule has 2 aromatic carbocycles. The van der Waals surface area contributed by atoms with Gasteiger partial charge in [0.25, 0.3) is 0 Å². The van der Waals surface area contributed by atoms with E-state index in [2.05, 4.69) is 87.7 Å². The summed E-state index contributed by atoms with van der Waals surface area (Å²) in [4.78, 5) is 2.48. The first kappa shape index (κ1) is 13.7. The minimum Gasteiger partial charge on any atom is -0.365 e. The van der Waals surface area contributed by atoms with Crippen LogP contribution in [-0.2, 0) is 0 Å². The van der Waals surface area contributed by atoms with Gasteiger partial charge in [-0.3, -0.25) is 0 Å². The van der Waals surface area contributed by atoms with Gasteiger partial charge < -0.3 is 10.2 Å². The molecule has 0 amide bonds. The van der Waals surface area contributed by atoms with E-state index >= 15 is 0 Å². The number of nitrogens with one attached hydrogen (secondary N) is 1. The lowest BCUT2D eigenvalue weighted by Gasteiger charge is -2.41. The van der Waals surface area contributed by atoms with E-state index in [4.69, 9.17) is 0 Å². The summed E-state index contributed by atoms with van der Waals surface area (Å²) in [5.41, 5.74) is 2.64. The van der Waals surface area contributed by atoms with Crippen LogP contribution in [0.3, 0.4) is 0 Å². The number of hydrogen-bond acceptors (Lipinski definition) is 2. The van der Waals surface area contributed by atoms with Crippen LogP contribution in [-0.4, -0.2) is 19.1 Å². The van der Waals surface area contributed by atoms with Gasteiger partial charge in [0.05, 0.1) is 5.69 Å². The van der Waals surface area contributed by atoms with Crippen LogP contribution in [0.25, 0.3) is 0 Å². The van der Waals surface area contributed by atoms with Crippen molar-refractivity contribution in [2.24, 2.45) is 0 Å². The predicted molar refractivity (Wildman–Crippen MR) is 88.1 cm³/mol.